The molecule has 2 aliphatic heterocycles. The average molecular weight is 620 g/mol. The van der Waals surface area contributed by atoms with Crippen LogP contribution in [0.4, 0.5) is 5.82 Å². The maximum absolute atomic E-state index is 13.0. The smallest absolute Gasteiger partial charge is 0.309 e. The lowest BCUT2D eigenvalue weighted by Gasteiger charge is -2.35. The molecule has 2 fully saturated rings. The van der Waals surface area contributed by atoms with Crippen LogP contribution in [0.3, 0.4) is 0 Å². The predicted octanol–water partition coefficient (Wildman–Crippen LogP) is 5.67. The first-order chi connectivity index (χ1) is 21.0. The molecule has 0 bridgehead atoms. The highest BCUT2D eigenvalue weighted by Gasteiger charge is 2.28. The summed E-state index contributed by atoms with van der Waals surface area (Å²) < 4.78 is 5.13. The van der Waals surface area contributed by atoms with Crippen molar-refractivity contribution in [2.45, 2.75) is 30.7 Å². The Balaban J connectivity index is 1.09. The number of likely N-dealkylation sites (tertiary alicyclic amines) is 1. The van der Waals surface area contributed by atoms with Gasteiger partial charge < -0.3 is 14.5 Å². The molecule has 0 radical (unpaired) electrons. The summed E-state index contributed by atoms with van der Waals surface area (Å²) in [7, 11) is 0. The number of thioether (sulfide) groups is 1. The molecule has 0 N–H and O–H groups in total. The van der Waals surface area contributed by atoms with Gasteiger partial charge in [0.15, 0.2) is 5.16 Å². The Morgan fingerprint density at radius 1 is 0.977 bits per heavy atom. The van der Waals surface area contributed by atoms with Crippen LogP contribution in [0, 0.1) is 5.92 Å². The van der Waals surface area contributed by atoms with Crippen LogP contribution in [-0.2, 0) is 15.3 Å². The monoisotopic (exact) mass is 619 g/mol. The van der Waals surface area contributed by atoms with Crippen LogP contribution in [0.5, 0.6) is 0 Å². The number of aromatic nitrogens is 2. The summed E-state index contributed by atoms with van der Waals surface area (Å²) in [6.45, 7) is 7.93. The molecule has 43 heavy (non-hydrogen) atoms. The van der Waals surface area contributed by atoms with Crippen molar-refractivity contribution in [1.29, 1.82) is 0 Å². The van der Waals surface area contributed by atoms with Gasteiger partial charge in [-0.15, -0.1) is 0 Å². The van der Waals surface area contributed by atoms with Gasteiger partial charge in [0.1, 0.15) is 11.0 Å². The lowest BCUT2D eigenvalue weighted by Crippen LogP contribution is -2.46. The maximum atomic E-state index is 13.0. The second-order valence-corrected chi connectivity index (χ2v) is 12.1. The zero-order valence-electron chi connectivity index (χ0n) is 24.5. The van der Waals surface area contributed by atoms with Crippen molar-refractivity contribution in [3.05, 3.63) is 88.6 Å². The fraction of sp³-hybridized carbons (Fsp3) is 0.394. The van der Waals surface area contributed by atoms with Crippen LogP contribution in [-0.4, -0.2) is 84.1 Å². The van der Waals surface area contributed by atoms with Crippen molar-refractivity contribution in [2.75, 3.05) is 57.3 Å². The number of halogens is 1. The molecule has 3 aromatic rings. The number of benzene rings is 2. The highest BCUT2D eigenvalue weighted by molar-refractivity contribution is 7.98. The fourth-order valence-electron chi connectivity index (χ4n) is 5.33. The zero-order chi connectivity index (χ0) is 30.0. The molecule has 2 aromatic carbocycles. The molecule has 10 heteroatoms. The van der Waals surface area contributed by atoms with Gasteiger partial charge in [0, 0.05) is 63.2 Å². The number of piperidine rings is 1. The van der Waals surface area contributed by atoms with Crippen molar-refractivity contribution in [2.24, 2.45) is 5.92 Å². The first-order valence-corrected chi connectivity index (χ1v) is 16.3. The summed E-state index contributed by atoms with van der Waals surface area (Å²) in [4.78, 5) is 40.8. The minimum Gasteiger partial charge on any atom is -0.466 e. The van der Waals surface area contributed by atoms with Crippen molar-refractivity contribution in [1.82, 2.24) is 19.8 Å². The highest BCUT2D eigenvalue weighted by Crippen LogP contribution is 2.26. The number of ether oxygens (including phenoxy) is 1. The van der Waals surface area contributed by atoms with E-state index in [9.17, 15) is 9.59 Å². The van der Waals surface area contributed by atoms with E-state index >= 15 is 0 Å². The van der Waals surface area contributed by atoms with Crippen molar-refractivity contribution >= 4 is 47.1 Å². The van der Waals surface area contributed by atoms with E-state index in [4.69, 9.17) is 21.3 Å². The van der Waals surface area contributed by atoms with Gasteiger partial charge >= 0.3 is 5.97 Å². The minimum absolute atomic E-state index is 0.00311. The molecule has 2 aliphatic rings. The van der Waals surface area contributed by atoms with Crippen molar-refractivity contribution in [3.63, 3.8) is 0 Å². The number of amides is 1. The summed E-state index contributed by atoms with van der Waals surface area (Å²) in [5.41, 5.74) is 2.94. The molecule has 1 aromatic heterocycles. The Hall–Kier alpha value is -3.40. The predicted molar refractivity (Wildman–Crippen MR) is 172 cm³/mol. The molecule has 0 saturated carbocycles. The molecule has 2 saturated heterocycles. The van der Waals surface area contributed by atoms with Gasteiger partial charge in [0.05, 0.1) is 12.5 Å². The van der Waals surface area contributed by atoms with E-state index < -0.39 is 0 Å². The number of hydrogen-bond acceptors (Lipinski definition) is 8. The number of carbonyl (C=O) groups is 2. The number of piperazine rings is 1. The van der Waals surface area contributed by atoms with E-state index in [0.29, 0.717) is 54.2 Å². The lowest BCUT2D eigenvalue weighted by molar-refractivity contribution is -0.149. The number of esters is 1. The summed E-state index contributed by atoms with van der Waals surface area (Å²) >= 11 is 7.93. The number of hydrogen-bond donors (Lipinski definition) is 0. The number of carbonyl (C=O) groups excluding carboxylic acids is 2. The molecule has 8 nitrogen and oxygen atoms in total. The quantitative estimate of drug-likeness (QED) is 0.124. The van der Waals surface area contributed by atoms with E-state index in [1.54, 1.807) is 0 Å². The van der Waals surface area contributed by atoms with Crippen LogP contribution < -0.4 is 4.90 Å². The van der Waals surface area contributed by atoms with E-state index in [2.05, 4.69) is 51.2 Å². The third kappa shape index (κ3) is 8.81. The first-order valence-electron chi connectivity index (χ1n) is 14.9. The summed E-state index contributed by atoms with van der Waals surface area (Å²) in [5.74, 6) is 1.25. The van der Waals surface area contributed by atoms with Gasteiger partial charge in [-0.1, -0.05) is 78.0 Å². The molecular weight excluding hydrogens is 582 g/mol. The van der Waals surface area contributed by atoms with E-state index in [0.717, 1.165) is 44.1 Å². The van der Waals surface area contributed by atoms with E-state index in [1.165, 1.54) is 17.3 Å². The SMILES string of the molecule is CCOC(=O)C1CCN(C(=O)c2ccc(CSc3nc(Cl)cc(N4CCN(CC=Cc5ccccc5)CC4)n3)cc2)CC1. The minimum atomic E-state index is -0.155. The Kier molecular flexibility index (Phi) is 11.1. The summed E-state index contributed by atoms with van der Waals surface area (Å²) in [6.07, 6.45) is 5.68. The molecular formula is C33H38ClN5O3S. The Morgan fingerprint density at radius 2 is 1.70 bits per heavy atom. The van der Waals surface area contributed by atoms with Gasteiger partial charge in [0.25, 0.3) is 5.91 Å². The van der Waals surface area contributed by atoms with Crippen LogP contribution in [0.1, 0.15) is 41.3 Å². The van der Waals surface area contributed by atoms with E-state index in [1.807, 2.05) is 48.2 Å². The highest BCUT2D eigenvalue weighted by atomic mass is 35.5. The lowest BCUT2D eigenvalue weighted by atomic mass is 9.96. The van der Waals surface area contributed by atoms with Crippen molar-refractivity contribution < 1.29 is 14.3 Å². The number of nitrogens with zero attached hydrogens (tertiary/aromatic N) is 5. The molecule has 3 heterocycles. The van der Waals surface area contributed by atoms with Gasteiger partial charge in [-0.2, -0.15) is 0 Å². The topological polar surface area (TPSA) is 78.9 Å². The van der Waals surface area contributed by atoms with Gasteiger partial charge in [-0.3, -0.25) is 14.5 Å². The van der Waals surface area contributed by atoms with Crippen LogP contribution >= 0.6 is 23.4 Å². The van der Waals surface area contributed by atoms with Crippen molar-refractivity contribution in [3.8, 4) is 0 Å². The van der Waals surface area contributed by atoms with Crippen LogP contribution in [0.15, 0.2) is 71.9 Å². The van der Waals surface area contributed by atoms with Gasteiger partial charge in [0.2, 0.25) is 0 Å². The Morgan fingerprint density at radius 3 is 2.40 bits per heavy atom. The molecule has 0 unspecified atom stereocenters. The first kappa shape index (κ1) is 31.0. The number of rotatable bonds is 10. The second kappa shape index (κ2) is 15.4. The second-order valence-electron chi connectivity index (χ2n) is 10.7. The third-order valence-corrected chi connectivity index (χ3v) is 8.91. The third-order valence-electron chi connectivity index (χ3n) is 7.80. The summed E-state index contributed by atoms with van der Waals surface area (Å²) in [5, 5.41) is 1.08. The molecule has 0 aliphatic carbocycles. The standard InChI is InChI=1S/C33H38ClN5O3S/c1-2-42-32(41)28-14-17-39(18-15-28)31(40)27-12-10-26(11-13-27)24-43-33-35-29(34)23-30(36-33)38-21-19-37(20-22-38)16-6-9-25-7-4-3-5-8-25/h3-13,23,28H,2,14-22,24H2,1H3. The Bertz CT molecular complexity index is 1390. The molecule has 1 amide bonds. The molecule has 226 valence electrons. The molecule has 0 spiro atoms. The van der Waals surface area contributed by atoms with Gasteiger partial charge in [-0.25, -0.2) is 9.97 Å². The zero-order valence-corrected chi connectivity index (χ0v) is 26.1. The van der Waals surface area contributed by atoms with E-state index in [-0.39, 0.29) is 17.8 Å². The average Bonchev–Trinajstić information content (AvgIpc) is 3.04. The molecule has 5 rings (SSSR count). The maximum Gasteiger partial charge on any atom is 0.309 e. The van der Waals surface area contributed by atoms with Gasteiger partial charge in [-0.05, 0) is 43.0 Å². The summed E-state index contributed by atoms with van der Waals surface area (Å²) in [6, 6.07) is 19.9. The number of anilines is 1. The fourth-order valence-corrected chi connectivity index (χ4v) is 6.36. The normalized spacial score (nSPS) is 16.5. The van der Waals surface area contributed by atoms with Crippen LogP contribution in [0.2, 0.25) is 5.15 Å². The molecule has 0 atom stereocenters. The largest absolute Gasteiger partial charge is 0.466 e. The Labute approximate surface area is 263 Å². The van der Waals surface area contributed by atoms with Crippen LogP contribution in [0.25, 0.3) is 6.08 Å².